The van der Waals surface area contributed by atoms with E-state index in [1.54, 1.807) is 20.8 Å². The minimum atomic E-state index is -4.47. The van der Waals surface area contributed by atoms with E-state index in [2.05, 4.69) is 4.74 Å². The van der Waals surface area contributed by atoms with Crippen LogP contribution in [0.2, 0.25) is 0 Å². The zero-order chi connectivity index (χ0) is 11.4. The van der Waals surface area contributed by atoms with E-state index in [0.717, 1.165) is 0 Å². The van der Waals surface area contributed by atoms with Gasteiger partial charge in [-0.15, -0.1) is 0 Å². The molecule has 0 fully saturated rings. The van der Waals surface area contributed by atoms with Gasteiger partial charge < -0.3 is 16.0 Å². The Morgan fingerprint density at radius 3 is 1.93 bits per heavy atom. The molecule has 15 heavy (non-hydrogen) atoms. The van der Waals surface area contributed by atoms with Crippen LogP contribution in [0.3, 0.4) is 0 Å². The molecule has 0 saturated carbocycles. The summed E-state index contributed by atoms with van der Waals surface area (Å²) < 4.78 is 15.9. The first-order valence-corrected chi connectivity index (χ1v) is 6.19. The zero-order valence-corrected chi connectivity index (χ0v) is 12.6. The summed E-state index contributed by atoms with van der Waals surface area (Å²) in [7, 11) is -4.47. The summed E-state index contributed by atoms with van der Waals surface area (Å²) in [6.45, 7) is 4.87. The summed E-state index contributed by atoms with van der Waals surface area (Å²) in [4.78, 5) is 29.7. The Bertz CT molecular complexity index is 251. The molecule has 2 N–H and O–H groups in total. The fraction of sp³-hybridized carbons (Fsp3) is 0.875. The van der Waals surface area contributed by atoms with Crippen molar-refractivity contribution in [2.24, 2.45) is 0 Å². The van der Waals surface area contributed by atoms with E-state index in [1.807, 2.05) is 0 Å². The van der Waals surface area contributed by atoms with Crippen molar-refractivity contribution < 1.29 is 54.9 Å². The smallest absolute Gasteiger partial charge is 1.00 e. The molecule has 0 aliphatic rings. The van der Waals surface area contributed by atoms with E-state index in [9.17, 15) is 9.36 Å². The number of rotatable bonds is 5. The number of carbonyl (C=O) groups is 1. The van der Waals surface area contributed by atoms with Gasteiger partial charge in [-0.1, -0.05) is 13.8 Å². The molecule has 0 saturated heterocycles. The zero-order valence-electron chi connectivity index (χ0n) is 10.7. The molecular formula is C8H18NaO5P. The number of hydrogen-bond donors (Lipinski definition) is 2. The maximum Gasteiger partial charge on any atom is 1.00 e. The third-order valence-corrected chi connectivity index (χ3v) is 4.31. The van der Waals surface area contributed by atoms with Gasteiger partial charge in [0.1, 0.15) is 0 Å². The van der Waals surface area contributed by atoms with Crippen molar-refractivity contribution in [3.63, 3.8) is 0 Å². The Hall–Kier alpha value is 0.620. The van der Waals surface area contributed by atoms with Gasteiger partial charge >= 0.3 is 43.1 Å². The van der Waals surface area contributed by atoms with Crippen molar-refractivity contribution >= 4 is 13.6 Å². The van der Waals surface area contributed by atoms with Crippen LogP contribution in [0.1, 0.15) is 35.0 Å². The Labute approximate surface area is 114 Å². The molecule has 0 aliphatic carbocycles. The van der Waals surface area contributed by atoms with Crippen LogP contribution in [0, 0.1) is 0 Å². The summed E-state index contributed by atoms with van der Waals surface area (Å²) >= 11 is 0. The van der Waals surface area contributed by atoms with E-state index >= 15 is 0 Å². The van der Waals surface area contributed by atoms with Gasteiger partial charge in [0.15, 0.2) is 5.16 Å². The molecule has 0 aromatic carbocycles. The summed E-state index contributed by atoms with van der Waals surface area (Å²) in [5, 5.41) is -1.66. The molecule has 0 radical (unpaired) electrons. The van der Waals surface area contributed by atoms with E-state index in [0.29, 0.717) is 0 Å². The first kappa shape index (κ1) is 18.0. The molecule has 7 heteroatoms. The molecule has 0 amide bonds. The largest absolute Gasteiger partial charge is 1.00 e. The van der Waals surface area contributed by atoms with Crippen molar-refractivity contribution in [3.05, 3.63) is 0 Å². The summed E-state index contributed by atoms with van der Waals surface area (Å²) in [6, 6.07) is 0. The fourth-order valence-electron chi connectivity index (χ4n) is 1.33. The van der Waals surface area contributed by atoms with Gasteiger partial charge in [-0.25, -0.2) is 0 Å². The van der Waals surface area contributed by atoms with Crippen LogP contribution < -0.4 is 29.6 Å². The molecule has 0 aromatic rings. The second kappa shape index (κ2) is 7.05. The Morgan fingerprint density at radius 2 is 1.73 bits per heavy atom. The average molecular weight is 248 g/mol. The molecular weight excluding hydrogens is 230 g/mol. The minimum absolute atomic E-state index is 0. The maximum absolute atomic E-state index is 11.5. The van der Waals surface area contributed by atoms with E-state index in [4.69, 9.17) is 9.79 Å². The standard InChI is InChI=1S/C8H17O5P.Na.H/c1-4-8(5-2,14(10,11)12)7(9)13-6-3;;/h4-6H2,1-3H3,(H2,10,11,12);;/q;+1;-1. The summed E-state index contributed by atoms with van der Waals surface area (Å²) in [5.74, 6) is -0.807. The van der Waals surface area contributed by atoms with Crippen LogP contribution in [-0.4, -0.2) is 27.5 Å². The topological polar surface area (TPSA) is 83.8 Å². The molecule has 0 bridgehead atoms. The maximum atomic E-state index is 11.5. The molecule has 0 unspecified atom stereocenters. The second-order valence-electron chi connectivity index (χ2n) is 3.00. The Kier molecular flexibility index (Phi) is 8.45. The van der Waals surface area contributed by atoms with Crippen LogP contribution in [0.25, 0.3) is 0 Å². The second-order valence-corrected chi connectivity index (χ2v) is 4.95. The monoisotopic (exact) mass is 248 g/mol. The Balaban J connectivity index is -0.000000845. The first-order valence-electron chi connectivity index (χ1n) is 4.58. The third-order valence-electron chi connectivity index (χ3n) is 2.38. The summed E-state index contributed by atoms with van der Waals surface area (Å²) in [6.07, 6.45) is 0.152. The fourth-order valence-corrected chi connectivity index (χ4v) is 2.46. The normalized spacial score (nSPS) is 11.8. The molecule has 0 atom stereocenters. The number of ether oxygens (including phenoxy) is 1. The summed E-state index contributed by atoms with van der Waals surface area (Å²) in [5.41, 5.74) is 0. The quantitative estimate of drug-likeness (QED) is 0.348. The van der Waals surface area contributed by atoms with Gasteiger partial charge in [0.2, 0.25) is 0 Å². The van der Waals surface area contributed by atoms with E-state index in [1.165, 1.54) is 0 Å². The van der Waals surface area contributed by atoms with Gasteiger partial charge in [0.25, 0.3) is 0 Å². The molecule has 0 rings (SSSR count). The minimum Gasteiger partial charge on any atom is -1.00 e. The Morgan fingerprint density at radius 1 is 1.33 bits per heavy atom. The van der Waals surface area contributed by atoms with Crippen molar-refractivity contribution in [3.8, 4) is 0 Å². The van der Waals surface area contributed by atoms with Crippen LogP contribution >= 0.6 is 7.60 Å². The van der Waals surface area contributed by atoms with Crippen molar-refractivity contribution in [1.29, 1.82) is 0 Å². The van der Waals surface area contributed by atoms with Crippen LogP contribution in [0.5, 0.6) is 0 Å². The molecule has 0 aliphatic heterocycles. The number of hydrogen-bond acceptors (Lipinski definition) is 3. The predicted octanol–water partition coefficient (Wildman–Crippen LogP) is -1.60. The van der Waals surface area contributed by atoms with Crippen LogP contribution in [0.4, 0.5) is 0 Å². The first-order chi connectivity index (χ1) is 6.35. The molecule has 5 nitrogen and oxygen atoms in total. The van der Waals surface area contributed by atoms with Gasteiger partial charge in [-0.05, 0) is 19.8 Å². The van der Waals surface area contributed by atoms with Crippen molar-refractivity contribution in [1.82, 2.24) is 0 Å². The third kappa shape index (κ3) is 3.84. The van der Waals surface area contributed by atoms with Gasteiger partial charge in [0.05, 0.1) is 6.61 Å². The van der Waals surface area contributed by atoms with Crippen LogP contribution in [-0.2, 0) is 14.1 Å². The molecule has 86 valence electrons. The SMILES string of the molecule is CCOC(=O)C(CC)(CC)P(=O)(O)O.[H-].[Na+]. The average Bonchev–Trinajstić information content (AvgIpc) is 2.05. The molecule has 0 spiro atoms. The van der Waals surface area contributed by atoms with Gasteiger partial charge in [-0.3, -0.25) is 9.36 Å². The number of carbonyl (C=O) groups excluding carboxylic acids is 1. The molecule has 0 aromatic heterocycles. The molecule has 0 heterocycles. The van der Waals surface area contributed by atoms with Gasteiger partial charge in [-0.2, -0.15) is 0 Å². The van der Waals surface area contributed by atoms with Crippen molar-refractivity contribution in [2.45, 2.75) is 38.8 Å². The van der Waals surface area contributed by atoms with Gasteiger partial charge in [0, 0.05) is 0 Å². The predicted molar refractivity (Wildman–Crippen MR) is 53.1 cm³/mol. The number of esters is 1. The van der Waals surface area contributed by atoms with Crippen molar-refractivity contribution in [2.75, 3.05) is 6.61 Å². The van der Waals surface area contributed by atoms with E-state index < -0.39 is 18.7 Å². The van der Waals surface area contributed by atoms with E-state index in [-0.39, 0.29) is 50.4 Å². The van der Waals surface area contributed by atoms with Crippen LogP contribution in [0.15, 0.2) is 0 Å².